The molecule has 0 aliphatic heterocycles. The molecule has 2 saturated carbocycles. The van der Waals surface area contributed by atoms with Gasteiger partial charge in [0.2, 0.25) is 0 Å². The monoisotopic (exact) mass is 330 g/mol. The number of carbonyl (C=O) groups excluding carboxylic acids is 1. The number of hydrogen-bond donors (Lipinski definition) is 3. The summed E-state index contributed by atoms with van der Waals surface area (Å²) in [6.07, 6.45) is 3.85. The van der Waals surface area contributed by atoms with Gasteiger partial charge in [0.15, 0.2) is 0 Å². The number of thiophene rings is 1. The Morgan fingerprint density at radius 1 is 1.35 bits per heavy atom. The molecule has 1 amide bonds. The molecule has 2 fully saturated rings. The van der Waals surface area contributed by atoms with Crippen LogP contribution in [0.3, 0.4) is 0 Å². The van der Waals surface area contributed by atoms with Gasteiger partial charge in [-0.05, 0) is 37.1 Å². The van der Waals surface area contributed by atoms with Gasteiger partial charge in [0.1, 0.15) is 10.7 Å². The van der Waals surface area contributed by atoms with Gasteiger partial charge >= 0.3 is 0 Å². The van der Waals surface area contributed by atoms with Crippen LogP contribution in [-0.2, 0) is 0 Å². The van der Waals surface area contributed by atoms with Gasteiger partial charge in [-0.25, -0.2) is 4.98 Å². The van der Waals surface area contributed by atoms with Gasteiger partial charge in [-0.2, -0.15) is 0 Å². The number of amides is 1. The molecule has 2 aromatic heterocycles. The third-order valence-corrected chi connectivity index (χ3v) is 5.47. The summed E-state index contributed by atoms with van der Waals surface area (Å²) in [6.45, 7) is 0. The first kappa shape index (κ1) is 14.4. The summed E-state index contributed by atoms with van der Waals surface area (Å²) in [5.41, 5.74) is 7.07. The van der Waals surface area contributed by atoms with Crippen molar-refractivity contribution in [3.8, 4) is 0 Å². The number of anilines is 1. The number of nitrogen functional groups attached to an aromatic ring is 1. The fourth-order valence-corrected chi connectivity index (χ4v) is 3.71. The molecule has 6 nitrogen and oxygen atoms in total. The van der Waals surface area contributed by atoms with Gasteiger partial charge < -0.3 is 16.0 Å². The van der Waals surface area contributed by atoms with Crippen LogP contribution in [0.1, 0.15) is 58.7 Å². The van der Waals surface area contributed by atoms with E-state index in [4.69, 9.17) is 5.73 Å². The van der Waals surface area contributed by atoms with Gasteiger partial charge in [0, 0.05) is 23.9 Å². The summed E-state index contributed by atoms with van der Waals surface area (Å²) in [5.74, 6) is 1.39. The van der Waals surface area contributed by atoms with Crippen LogP contribution in [0.15, 0.2) is 22.3 Å². The molecular weight excluding hydrogens is 312 g/mol. The van der Waals surface area contributed by atoms with Crippen LogP contribution >= 0.6 is 11.3 Å². The number of aromatic nitrogens is 2. The molecule has 2 aliphatic rings. The number of rotatable bonds is 4. The Morgan fingerprint density at radius 3 is 2.78 bits per heavy atom. The van der Waals surface area contributed by atoms with Crippen molar-refractivity contribution >= 4 is 22.9 Å². The van der Waals surface area contributed by atoms with Crippen molar-refractivity contribution in [2.75, 3.05) is 5.73 Å². The van der Waals surface area contributed by atoms with Gasteiger partial charge in [0.05, 0.1) is 11.4 Å². The van der Waals surface area contributed by atoms with E-state index in [2.05, 4.69) is 15.3 Å². The molecular formula is C16H18N4O2S. The van der Waals surface area contributed by atoms with Crippen LogP contribution in [0.4, 0.5) is 5.69 Å². The van der Waals surface area contributed by atoms with Gasteiger partial charge in [0.25, 0.3) is 11.5 Å². The largest absolute Gasteiger partial charge is 0.397 e. The lowest BCUT2D eigenvalue weighted by atomic mass is 9.78. The highest BCUT2D eigenvalue weighted by molar-refractivity contribution is 7.12. The molecule has 0 bridgehead atoms. The molecule has 0 atom stereocenters. The second kappa shape index (κ2) is 5.49. The van der Waals surface area contributed by atoms with Crippen LogP contribution in [0.2, 0.25) is 0 Å². The number of H-pyrrole nitrogens is 1. The highest BCUT2D eigenvalue weighted by Gasteiger charge is 2.34. The SMILES string of the molecule is Nc1ccsc1C(=O)NC1CC(c2cc(=O)[nH]c(C3CC3)n2)C1. The van der Waals surface area contributed by atoms with E-state index in [1.54, 1.807) is 12.1 Å². The summed E-state index contributed by atoms with van der Waals surface area (Å²) in [4.78, 5) is 31.9. The molecule has 0 aromatic carbocycles. The minimum atomic E-state index is -0.113. The third-order valence-electron chi connectivity index (χ3n) is 4.54. The maximum atomic E-state index is 12.1. The molecule has 4 rings (SSSR count). The number of nitrogens with zero attached hydrogens (tertiary/aromatic N) is 1. The molecule has 120 valence electrons. The zero-order valence-electron chi connectivity index (χ0n) is 12.5. The first-order valence-electron chi connectivity index (χ1n) is 7.85. The van der Waals surface area contributed by atoms with Crippen LogP contribution in [0, 0.1) is 0 Å². The predicted octanol–water partition coefficient (Wildman–Crippen LogP) is 1.97. The second-order valence-electron chi connectivity index (χ2n) is 6.37. The number of hydrogen-bond acceptors (Lipinski definition) is 5. The zero-order chi connectivity index (χ0) is 16.0. The molecule has 0 spiro atoms. The predicted molar refractivity (Wildman–Crippen MR) is 88.8 cm³/mol. The lowest BCUT2D eigenvalue weighted by molar-refractivity contribution is 0.0913. The molecule has 0 unspecified atom stereocenters. The number of nitrogens with one attached hydrogen (secondary N) is 2. The van der Waals surface area contributed by atoms with Gasteiger partial charge in [-0.15, -0.1) is 11.3 Å². The first-order chi connectivity index (χ1) is 11.1. The third kappa shape index (κ3) is 2.88. The second-order valence-corrected chi connectivity index (χ2v) is 7.29. The Bertz CT molecular complexity index is 802. The topological polar surface area (TPSA) is 101 Å². The summed E-state index contributed by atoms with van der Waals surface area (Å²) in [5, 5.41) is 4.81. The quantitative estimate of drug-likeness (QED) is 0.797. The van der Waals surface area contributed by atoms with E-state index in [1.807, 2.05) is 5.38 Å². The minimum absolute atomic E-state index is 0.0734. The highest BCUT2D eigenvalue weighted by atomic mass is 32.1. The lowest BCUT2D eigenvalue weighted by Crippen LogP contribution is -2.43. The van der Waals surface area contributed by atoms with Crippen molar-refractivity contribution in [2.24, 2.45) is 0 Å². The molecule has 4 N–H and O–H groups in total. The van der Waals surface area contributed by atoms with Crippen molar-refractivity contribution in [3.05, 3.63) is 44.3 Å². The highest BCUT2D eigenvalue weighted by Crippen LogP contribution is 2.40. The summed E-state index contributed by atoms with van der Waals surface area (Å²) < 4.78 is 0. The molecule has 2 aliphatic carbocycles. The lowest BCUT2D eigenvalue weighted by Gasteiger charge is -2.35. The minimum Gasteiger partial charge on any atom is -0.397 e. The molecule has 7 heteroatoms. The Balaban J connectivity index is 1.39. The molecule has 0 saturated heterocycles. The van der Waals surface area contributed by atoms with E-state index in [-0.39, 0.29) is 23.4 Å². The Morgan fingerprint density at radius 2 is 2.13 bits per heavy atom. The Kier molecular flexibility index (Phi) is 3.45. The summed E-state index contributed by atoms with van der Waals surface area (Å²) in [7, 11) is 0. The normalized spacial score (nSPS) is 23.3. The van der Waals surface area contributed by atoms with Crippen LogP contribution < -0.4 is 16.6 Å². The average molecular weight is 330 g/mol. The number of nitrogens with two attached hydrogens (primary N) is 1. The smallest absolute Gasteiger partial charge is 0.263 e. The van der Waals surface area contributed by atoms with Crippen molar-refractivity contribution in [1.82, 2.24) is 15.3 Å². The van der Waals surface area contributed by atoms with E-state index >= 15 is 0 Å². The molecule has 0 radical (unpaired) electrons. The fraction of sp³-hybridized carbons (Fsp3) is 0.438. The van der Waals surface area contributed by atoms with Gasteiger partial charge in [-0.3, -0.25) is 9.59 Å². The fourth-order valence-electron chi connectivity index (χ4n) is 2.99. The van der Waals surface area contributed by atoms with Gasteiger partial charge in [-0.1, -0.05) is 0 Å². The first-order valence-corrected chi connectivity index (χ1v) is 8.73. The maximum absolute atomic E-state index is 12.1. The van der Waals surface area contributed by atoms with Crippen LogP contribution in [0.5, 0.6) is 0 Å². The number of aromatic amines is 1. The van der Waals surface area contributed by atoms with E-state index < -0.39 is 0 Å². The number of carbonyl (C=O) groups is 1. The molecule has 2 aromatic rings. The summed E-state index contributed by atoms with van der Waals surface area (Å²) >= 11 is 1.35. The molecule has 23 heavy (non-hydrogen) atoms. The maximum Gasteiger partial charge on any atom is 0.263 e. The van der Waals surface area contributed by atoms with Crippen molar-refractivity contribution in [1.29, 1.82) is 0 Å². The summed E-state index contributed by atoms with van der Waals surface area (Å²) in [6, 6.07) is 3.45. The van der Waals surface area contributed by atoms with Crippen LogP contribution in [-0.4, -0.2) is 21.9 Å². The van der Waals surface area contributed by atoms with Crippen LogP contribution in [0.25, 0.3) is 0 Å². The molecule has 2 heterocycles. The van der Waals surface area contributed by atoms with Crippen molar-refractivity contribution < 1.29 is 4.79 Å². The van der Waals surface area contributed by atoms with E-state index in [0.717, 1.165) is 37.2 Å². The average Bonchev–Trinajstić information content (AvgIpc) is 3.23. The zero-order valence-corrected chi connectivity index (χ0v) is 13.4. The van der Waals surface area contributed by atoms with Crippen molar-refractivity contribution in [3.63, 3.8) is 0 Å². The standard InChI is InChI=1S/C16H18N4O2S/c17-11-3-4-23-14(11)16(22)18-10-5-9(6-10)12-7-13(21)20-15(19-12)8-1-2-8/h3-4,7-10H,1-2,5-6,17H2,(H,18,22)(H,19,20,21). The van der Waals surface area contributed by atoms with E-state index in [1.165, 1.54) is 11.3 Å². The Hall–Kier alpha value is -2.15. The van der Waals surface area contributed by atoms with E-state index in [9.17, 15) is 9.59 Å². The van der Waals surface area contributed by atoms with Crippen molar-refractivity contribution in [2.45, 2.75) is 43.6 Å². The van der Waals surface area contributed by atoms with E-state index in [0.29, 0.717) is 16.5 Å². The Labute approximate surface area is 137 Å².